The van der Waals surface area contributed by atoms with Gasteiger partial charge in [0.2, 0.25) is 0 Å². The lowest BCUT2D eigenvalue weighted by atomic mass is 10.5. The molecule has 54 valence electrons. The summed E-state index contributed by atoms with van der Waals surface area (Å²) < 4.78 is 0. The van der Waals surface area contributed by atoms with Gasteiger partial charge in [-0.15, -0.1) is 0 Å². The summed E-state index contributed by atoms with van der Waals surface area (Å²) in [6.45, 7) is 6.54. The molecule has 3 N–H and O–H groups in total. The van der Waals surface area contributed by atoms with E-state index in [4.69, 9.17) is 5.73 Å². The Labute approximate surface area is 56.2 Å². The van der Waals surface area contributed by atoms with E-state index in [9.17, 15) is 0 Å². The second kappa shape index (κ2) is 2.64. The van der Waals surface area contributed by atoms with Gasteiger partial charge in [0.1, 0.15) is 0 Å². The van der Waals surface area contributed by atoms with Crippen molar-refractivity contribution in [2.45, 2.75) is 26.2 Å². The Bertz CT molecular complexity index is 88.3. The molecule has 3 nitrogen and oxygen atoms in total. The fourth-order valence-electron chi connectivity index (χ4n) is 0.931. The number of nitrogens with one attached hydrogen (secondary N) is 1. The van der Waals surface area contributed by atoms with Crippen LogP contribution in [0.15, 0.2) is 0 Å². The highest BCUT2D eigenvalue weighted by Gasteiger charge is 2.23. The molecule has 0 aliphatic carbocycles. The molecule has 0 aromatic rings. The van der Waals surface area contributed by atoms with Crippen molar-refractivity contribution >= 4 is 0 Å². The molecule has 0 aromatic heterocycles. The van der Waals surface area contributed by atoms with Gasteiger partial charge in [-0.2, -0.15) is 0 Å². The van der Waals surface area contributed by atoms with Gasteiger partial charge in [-0.1, -0.05) is 0 Å². The standard InChI is InChI=1S/C6H15N3/c1-5(7)8-6(2)9-3-4-9/h5-6,8H,3-4,7H2,1-2H3. The molecule has 1 heterocycles. The lowest BCUT2D eigenvalue weighted by Gasteiger charge is -2.16. The van der Waals surface area contributed by atoms with Gasteiger partial charge in [-0.25, -0.2) is 0 Å². The third-order valence-corrected chi connectivity index (χ3v) is 1.53. The summed E-state index contributed by atoms with van der Waals surface area (Å²) >= 11 is 0. The third kappa shape index (κ3) is 2.30. The molecule has 1 aliphatic heterocycles. The van der Waals surface area contributed by atoms with E-state index >= 15 is 0 Å². The number of nitrogens with zero attached hydrogens (tertiary/aromatic N) is 1. The zero-order valence-corrected chi connectivity index (χ0v) is 6.09. The molecule has 0 amide bonds. The summed E-state index contributed by atoms with van der Waals surface area (Å²) in [5, 5.41) is 3.21. The van der Waals surface area contributed by atoms with Crippen LogP contribution in [0.3, 0.4) is 0 Å². The lowest BCUT2D eigenvalue weighted by Crippen LogP contribution is -2.44. The zero-order valence-electron chi connectivity index (χ0n) is 6.09. The van der Waals surface area contributed by atoms with Crippen LogP contribution < -0.4 is 11.1 Å². The molecule has 1 saturated heterocycles. The predicted octanol–water partition coefficient (Wildman–Crippen LogP) is -0.458. The molecular formula is C6H15N3. The van der Waals surface area contributed by atoms with E-state index < -0.39 is 0 Å². The average molecular weight is 129 g/mol. The van der Waals surface area contributed by atoms with Crippen LogP contribution in [0.25, 0.3) is 0 Å². The van der Waals surface area contributed by atoms with Crippen molar-refractivity contribution in [3.05, 3.63) is 0 Å². The van der Waals surface area contributed by atoms with Gasteiger partial charge < -0.3 is 5.73 Å². The maximum atomic E-state index is 5.52. The van der Waals surface area contributed by atoms with E-state index in [0.717, 1.165) is 0 Å². The highest BCUT2D eigenvalue weighted by molar-refractivity contribution is 4.78. The predicted molar refractivity (Wildman–Crippen MR) is 37.8 cm³/mol. The summed E-state index contributed by atoms with van der Waals surface area (Å²) in [5.74, 6) is 0. The Kier molecular flexibility index (Phi) is 2.05. The number of nitrogens with two attached hydrogens (primary N) is 1. The molecule has 2 unspecified atom stereocenters. The van der Waals surface area contributed by atoms with Crippen LogP contribution in [0, 0.1) is 0 Å². The summed E-state index contributed by atoms with van der Waals surface area (Å²) in [5.41, 5.74) is 5.52. The topological polar surface area (TPSA) is 41.1 Å². The monoisotopic (exact) mass is 129 g/mol. The second-order valence-electron chi connectivity index (χ2n) is 2.67. The SMILES string of the molecule is CC(N)NC(C)N1CC1. The number of hydrogen-bond acceptors (Lipinski definition) is 3. The summed E-state index contributed by atoms with van der Waals surface area (Å²) in [6.07, 6.45) is 0.575. The Hall–Kier alpha value is -0.120. The molecule has 1 fully saturated rings. The molecule has 2 atom stereocenters. The first-order valence-electron chi connectivity index (χ1n) is 3.46. The summed E-state index contributed by atoms with van der Waals surface area (Å²) in [7, 11) is 0. The lowest BCUT2D eigenvalue weighted by molar-refractivity contribution is 0.327. The van der Waals surface area contributed by atoms with Gasteiger partial charge in [0.15, 0.2) is 0 Å². The van der Waals surface area contributed by atoms with Gasteiger partial charge in [0.05, 0.1) is 12.3 Å². The van der Waals surface area contributed by atoms with Gasteiger partial charge in [-0.3, -0.25) is 10.2 Å². The van der Waals surface area contributed by atoms with Crippen molar-refractivity contribution < 1.29 is 0 Å². The van der Waals surface area contributed by atoms with Crippen LogP contribution in [0.5, 0.6) is 0 Å². The maximum Gasteiger partial charge on any atom is 0.0580 e. The fraction of sp³-hybridized carbons (Fsp3) is 1.00. The van der Waals surface area contributed by atoms with E-state index in [0.29, 0.717) is 6.17 Å². The van der Waals surface area contributed by atoms with Gasteiger partial charge >= 0.3 is 0 Å². The Morgan fingerprint density at radius 1 is 1.44 bits per heavy atom. The summed E-state index contributed by atoms with van der Waals surface area (Å²) in [6, 6.07) is 0. The Balaban J connectivity index is 2.10. The van der Waals surface area contributed by atoms with Crippen LogP contribution in [0.4, 0.5) is 0 Å². The maximum absolute atomic E-state index is 5.52. The largest absolute Gasteiger partial charge is 0.316 e. The third-order valence-electron chi connectivity index (χ3n) is 1.53. The van der Waals surface area contributed by atoms with Gasteiger partial charge in [-0.05, 0) is 13.8 Å². The van der Waals surface area contributed by atoms with Crippen LogP contribution in [0.1, 0.15) is 13.8 Å². The van der Waals surface area contributed by atoms with E-state index in [1.807, 2.05) is 6.92 Å². The molecule has 0 saturated carbocycles. The molecular weight excluding hydrogens is 114 g/mol. The molecule has 0 bridgehead atoms. The highest BCUT2D eigenvalue weighted by Crippen LogP contribution is 2.06. The number of rotatable bonds is 3. The normalized spacial score (nSPS) is 25.7. The fourth-order valence-corrected chi connectivity index (χ4v) is 0.931. The quantitative estimate of drug-likeness (QED) is 0.400. The van der Waals surface area contributed by atoms with E-state index in [-0.39, 0.29) is 6.17 Å². The molecule has 1 aliphatic rings. The minimum absolute atomic E-state index is 0.112. The van der Waals surface area contributed by atoms with Gasteiger partial charge in [0.25, 0.3) is 0 Å². The first kappa shape index (κ1) is 6.99. The Morgan fingerprint density at radius 3 is 2.33 bits per heavy atom. The smallest absolute Gasteiger partial charge is 0.0580 e. The summed E-state index contributed by atoms with van der Waals surface area (Å²) in [4.78, 5) is 2.32. The van der Waals surface area contributed by atoms with Crippen molar-refractivity contribution in [1.29, 1.82) is 0 Å². The first-order chi connectivity index (χ1) is 4.20. The molecule has 0 aromatic carbocycles. The van der Waals surface area contributed by atoms with Crippen molar-refractivity contribution in [2.75, 3.05) is 13.1 Å². The molecule has 0 spiro atoms. The molecule has 1 rings (SSSR count). The van der Waals surface area contributed by atoms with Crippen LogP contribution >= 0.6 is 0 Å². The minimum Gasteiger partial charge on any atom is -0.316 e. The van der Waals surface area contributed by atoms with E-state index in [1.165, 1.54) is 13.1 Å². The van der Waals surface area contributed by atoms with E-state index in [2.05, 4.69) is 17.1 Å². The molecule has 0 radical (unpaired) electrons. The molecule has 9 heavy (non-hydrogen) atoms. The van der Waals surface area contributed by atoms with Crippen molar-refractivity contribution in [2.24, 2.45) is 5.73 Å². The van der Waals surface area contributed by atoms with Crippen LogP contribution in [-0.2, 0) is 0 Å². The van der Waals surface area contributed by atoms with Crippen molar-refractivity contribution in [3.63, 3.8) is 0 Å². The highest BCUT2D eigenvalue weighted by atomic mass is 15.4. The van der Waals surface area contributed by atoms with Gasteiger partial charge in [0, 0.05) is 13.1 Å². The van der Waals surface area contributed by atoms with Crippen molar-refractivity contribution in [3.8, 4) is 0 Å². The van der Waals surface area contributed by atoms with Crippen LogP contribution in [-0.4, -0.2) is 30.3 Å². The number of hydrogen-bond donors (Lipinski definition) is 2. The first-order valence-corrected chi connectivity index (χ1v) is 3.46. The van der Waals surface area contributed by atoms with Crippen LogP contribution in [0.2, 0.25) is 0 Å². The Morgan fingerprint density at radius 2 is 2.00 bits per heavy atom. The minimum atomic E-state index is 0.112. The van der Waals surface area contributed by atoms with Crippen molar-refractivity contribution in [1.82, 2.24) is 10.2 Å². The van der Waals surface area contributed by atoms with E-state index in [1.54, 1.807) is 0 Å². The molecule has 3 heteroatoms. The second-order valence-corrected chi connectivity index (χ2v) is 2.67. The zero-order chi connectivity index (χ0) is 6.85. The average Bonchev–Trinajstić information content (AvgIpc) is 2.40.